The van der Waals surface area contributed by atoms with Gasteiger partial charge in [-0.05, 0) is 30.5 Å². The molecule has 1 aromatic carbocycles. The summed E-state index contributed by atoms with van der Waals surface area (Å²) in [5.41, 5.74) is 6.48. The van der Waals surface area contributed by atoms with Crippen molar-refractivity contribution in [3.05, 3.63) is 36.1 Å². The first-order valence-electron chi connectivity index (χ1n) is 8.07. The average molecular weight is 344 g/mol. The average Bonchev–Trinajstić information content (AvgIpc) is 2.88. The van der Waals surface area contributed by atoms with E-state index in [0.717, 1.165) is 19.3 Å². The summed E-state index contributed by atoms with van der Waals surface area (Å²) in [6.45, 7) is 3.67. The number of hydrogen-bond donors (Lipinski definition) is 3. The van der Waals surface area contributed by atoms with Gasteiger partial charge in [-0.15, -0.1) is 0 Å². The van der Waals surface area contributed by atoms with E-state index in [9.17, 15) is 9.59 Å². The molecule has 0 unspecified atom stereocenters. The number of nitrogens with two attached hydrogens (primary N) is 1. The van der Waals surface area contributed by atoms with E-state index >= 15 is 0 Å². The van der Waals surface area contributed by atoms with E-state index in [1.54, 1.807) is 18.2 Å². The second-order valence-electron chi connectivity index (χ2n) is 6.14. The van der Waals surface area contributed by atoms with Crippen LogP contribution < -0.4 is 15.8 Å². The number of primary amides is 1. The zero-order chi connectivity index (χ0) is 18.0. The Bertz CT molecular complexity index is 835. The number of aliphatic hydroxyl groups excluding tert-OH is 1. The lowest BCUT2D eigenvalue weighted by Gasteiger charge is -2.22. The molecule has 0 radical (unpaired) electrons. The van der Waals surface area contributed by atoms with E-state index in [1.807, 2.05) is 0 Å². The van der Waals surface area contributed by atoms with E-state index in [4.69, 9.17) is 20.0 Å². The van der Waals surface area contributed by atoms with E-state index < -0.39 is 6.03 Å². The predicted molar refractivity (Wildman–Crippen MR) is 92.8 cm³/mol. The van der Waals surface area contributed by atoms with Gasteiger partial charge in [-0.2, -0.15) is 0 Å². The van der Waals surface area contributed by atoms with Gasteiger partial charge in [-0.3, -0.25) is 4.79 Å². The number of ether oxygens (including phenoxy) is 1. The summed E-state index contributed by atoms with van der Waals surface area (Å²) in [5, 5.41) is 12.0. The van der Waals surface area contributed by atoms with Crippen molar-refractivity contribution in [2.75, 3.05) is 18.5 Å². The third-order valence-corrected chi connectivity index (χ3v) is 4.28. The highest BCUT2D eigenvalue weighted by molar-refractivity contribution is 6.11. The Morgan fingerprint density at radius 1 is 1.40 bits per heavy atom. The van der Waals surface area contributed by atoms with E-state index in [-0.39, 0.29) is 30.7 Å². The minimum absolute atomic E-state index is 0.0717. The van der Waals surface area contributed by atoms with Crippen molar-refractivity contribution in [1.29, 1.82) is 0 Å². The lowest BCUT2D eigenvalue weighted by atomic mass is 9.81. The van der Waals surface area contributed by atoms with E-state index in [2.05, 4.69) is 11.9 Å². The number of urea groups is 1. The van der Waals surface area contributed by atoms with Gasteiger partial charge in [0, 0.05) is 17.4 Å². The summed E-state index contributed by atoms with van der Waals surface area (Å²) < 4.78 is 11.2. The quantitative estimate of drug-likeness (QED) is 0.528. The molecule has 0 bridgehead atoms. The first kappa shape index (κ1) is 17.0. The number of rotatable bonds is 7. The number of carbonyl (C=O) groups is 2. The van der Waals surface area contributed by atoms with Gasteiger partial charge in [-0.25, -0.2) is 4.79 Å². The lowest BCUT2D eigenvalue weighted by molar-refractivity contribution is 0.0829. The first-order valence-corrected chi connectivity index (χ1v) is 8.07. The number of aliphatic hydroxyl groups is 1. The van der Waals surface area contributed by atoms with Crippen LogP contribution in [0.15, 0.2) is 34.8 Å². The normalized spacial score (nSPS) is 14.1. The number of furan rings is 1. The molecule has 1 aliphatic carbocycles. The molecule has 1 fully saturated rings. The van der Waals surface area contributed by atoms with Gasteiger partial charge in [0.2, 0.25) is 5.78 Å². The standard InChI is InChI=1S/C18H20N2O5/c1-10(8-21)9-24-12-5-6-13-14(7-12)25-17(15(13)20-18(19)23)16(22)11-3-2-4-11/h5-7,11,21H,1-4,8-9H2,(H3,19,20,23). The minimum Gasteiger partial charge on any atom is -0.489 e. The Hall–Kier alpha value is -2.80. The molecule has 3 rings (SSSR count). The van der Waals surface area contributed by atoms with Crippen LogP contribution in [-0.4, -0.2) is 30.1 Å². The number of Topliss-reactive ketones (excluding diaryl/α,β-unsaturated/α-hetero) is 1. The van der Waals surface area contributed by atoms with Gasteiger partial charge < -0.3 is 25.3 Å². The Kier molecular flexibility index (Phi) is 4.76. The molecule has 2 amide bonds. The minimum atomic E-state index is -0.759. The molecular weight excluding hydrogens is 324 g/mol. The Morgan fingerprint density at radius 3 is 2.76 bits per heavy atom. The Morgan fingerprint density at radius 2 is 2.16 bits per heavy atom. The van der Waals surface area contributed by atoms with Gasteiger partial charge in [0.25, 0.3) is 0 Å². The number of fused-ring (bicyclic) bond motifs is 1. The summed E-state index contributed by atoms with van der Waals surface area (Å²) in [6.07, 6.45) is 2.66. The van der Waals surface area contributed by atoms with Crippen LogP contribution in [0.2, 0.25) is 0 Å². The van der Waals surface area contributed by atoms with Crippen molar-refractivity contribution in [3.63, 3.8) is 0 Å². The van der Waals surface area contributed by atoms with Crippen molar-refractivity contribution >= 4 is 28.5 Å². The molecule has 1 aliphatic rings. The fraction of sp³-hybridized carbons (Fsp3) is 0.333. The topological polar surface area (TPSA) is 115 Å². The fourth-order valence-electron chi connectivity index (χ4n) is 2.67. The number of benzene rings is 1. The highest BCUT2D eigenvalue weighted by atomic mass is 16.5. The van der Waals surface area contributed by atoms with Crippen molar-refractivity contribution in [2.24, 2.45) is 11.7 Å². The molecule has 0 aliphatic heterocycles. The second-order valence-corrected chi connectivity index (χ2v) is 6.14. The fourth-order valence-corrected chi connectivity index (χ4v) is 2.67. The lowest BCUT2D eigenvalue weighted by Crippen LogP contribution is -2.24. The maximum atomic E-state index is 12.6. The van der Waals surface area contributed by atoms with Gasteiger partial charge in [0.1, 0.15) is 23.6 Å². The van der Waals surface area contributed by atoms with Gasteiger partial charge in [0.05, 0.1) is 6.61 Å². The third kappa shape index (κ3) is 3.51. The highest BCUT2D eigenvalue weighted by Crippen LogP contribution is 2.38. The summed E-state index contributed by atoms with van der Waals surface area (Å²) in [7, 11) is 0. The summed E-state index contributed by atoms with van der Waals surface area (Å²) in [5.74, 6) is 0.430. The van der Waals surface area contributed by atoms with Crippen molar-refractivity contribution < 1.29 is 23.8 Å². The molecule has 0 spiro atoms. The van der Waals surface area contributed by atoms with E-state index in [1.165, 1.54) is 0 Å². The molecule has 1 saturated carbocycles. The van der Waals surface area contributed by atoms with Crippen LogP contribution in [0.5, 0.6) is 5.75 Å². The van der Waals surface area contributed by atoms with Crippen LogP contribution in [0.3, 0.4) is 0 Å². The molecule has 1 heterocycles. The predicted octanol–water partition coefficient (Wildman–Crippen LogP) is 2.83. The molecule has 7 nitrogen and oxygen atoms in total. The number of carbonyl (C=O) groups excluding carboxylic acids is 2. The van der Waals surface area contributed by atoms with Crippen LogP contribution >= 0.6 is 0 Å². The number of ketones is 1. The van der Waals surface area contributed by atoms with Crippen LogP contribution in [0.1, 0.15) is 29.8 Å². The molecule has 1 aromatic heterocycles. The Labute approximate surface area is 144 Å². The molecule has 132 valence electrons. The molecule has 0 saturated heterocycles. The molecule has 7 heteroatoms. The number of hydrogen-bond acceptors (Lipinski definition) is 5. The van der Waals surface area contributed by atoms with Crippen LogP contribution in [-0.2, 0) is 0 Å². The van der Waals surface area contributed by atoms with Crippen LogP contribution in [0.4, 0.5) is 10.5 Å². The monoisotopic (exact) mass is 344 g/mol. The van der Waals surface area contributed by atoms with Crippen molar-refractivity contribution in [3.8, 4) is 5.75 Å². The molecule has 2 aromatic rings. The molecule has 4 N–H and O–H groups in total. The molecule has 25 heavy (non-hydrogen) atoms. The van der Waals surface area contributed by atoms with Crippen molar-refractivity contribution in [1.82, 2.24) is 0 Å². The number of nitrogens with one attached hydrogen (secondary N) is 1. The zero-order valence-corrected chi connectivity index (χ0v) is 13.7. The Balaban J connectivity index is 1.95. The van der Waals surface area contributed by atoms with Crippen LogP contribution in [0, 0.1) is 5.92 Å². The van der Waals surface area contributed by atoms with Gasteiger partial charge >= 0.3 is 6.03 Å². The van der Waals surface area contributed by atoms with Crippen LogP contribution in [0.25, 0.3) is 11.0 Å². The largest absolute Gasteiger partial charge is 0.489 e. The SMILES string of the molecule is C=C(CO)COc1ccc2c(NC(N)=O)c(C(=O)C3CCC3)oc2c1. The summed E-state index contributed by atoms with van der Waals surface area (Å²) in [4.78, 5) is 23.9. The smallest absolute Gasteiger partial charge is 0.316 e. The first-order chi connectivity index (χ1) is 12.0. The molecular formula is C18H20N2O5. The maximum absolute atomic E-state index is 12.6. The third-order valence-electron chi connectivity index (χ3n) is 4.28. The zero-order valence-electron chi connectivity index (χ0n) is 13.7. The summed E-state index contributed by atoms with van der Waals surface area (Å²) >= 11 is 0. The van der Waals surface area contributed by atoms with Gasteiger partial charge in [-0.1, -0.05) is 13.0 Å². The number of amides is 2. The number of anilines is 1. The maximum Gasteiger partial charge on any atom is 0.316 e. The molecule has 0 atom stereocenters. The summed E-state index contributed by atoms with van der Waals surface area (Å²) in [6, 6.07) is 4.25. The van der Waals surface area contributed by atoms with E-state index in [0.29, 0.717) is 28.0 Å². The van der Waals surface area contributed by atoms with Crippen molar-refractivity contribution in [2.45, 2.75) is 19.3 Å². The van der Waals surface area contributed by atoms with Gasteiger partial charge in [0.15, 0.2) is 5.76 Å². The highest BCUT2D eigenvalue weighted by Gasteiger charge is 2.32. The second kappa shape index (κ2) is 6.98.